The number of nitrogens with two attached hydrogens (primary N) is 1. The molecule has 0 aromatic rings. The van der Waals surface area contributed by atoms with Crippen LogP contribution < -0.4 is 5.73 Å². The lowest BCUT2D eigenvalue weighted by Gasteiger charge is -2.45. The first-order valence-electron chi connectivity index (χ1n) is 4.35. The predicted molar refractivity (Wildman–Crippen MR) is 48.7 cm³/mol. The molecule has 1 rings (SSSR count). The van der Waals surface area contributed by atoms with Crippen molar-refractivity contribution in [2.75, 3.05) is 6.61 Å². The van der Waals surface area contributed by atoms with Crippen molar-refractivity contribution in [3.63, 3.8) is 0 Å². The van der Waals surface area contributed by atoms with Gasteiger partial charge in [-0.15, -0.1) is 0 Å². The van der Waals surface area contributed by atoms with Gasteiger partial charge in [-0.1, -0.05) is 6.58 Å². The fraction of sp³-hybridized carbons (Fsp3) is 0.750. The number of hydrogen-bond acceptors (Lipinski definition) is 7. The van der Waals surface area contributed by atoms with E-state index in [0.717, 1.165) is 0 Å². The molecule has 0 spiro atoms. The zero-order valence-electron chi connectivity index (χ0n) is 7.95. The highest BCUT2D eigenvalue weighted by Gasteiger charge is 2.53. The molecule has 1 unspecified atom stereocenters. The van der Waals surface area contributed by atoms with Crippen LogP contribution in [0.1, 0.15) is 0 Å². The second-order valence-electron chi connectivity index (χ2n) is 3.49. The third-order valence-electron chi connectivity index (χ3n) is 2.48. The lowest BCUT2D eigenvalue weighted by atomic mass is 9.90. The van der Waals surface area contributed by atoms with Crippen molar-refractivity contribution in [1.82, 2.24) is 0 Å². The molecule has 1 saturated heterocycles. The Kier molecular flexibility index (Phi) is 3.34. The van der Waals surface area contributed by atoms with Crippen molar-refractivity contribution in [1.29, 1.82) is 0 Å². The Morgan fingerprint density at radius 2 is 1.93 bits per heavy atom. The molecule has 7 heteroatoms. The van der Waals surface area contributed by atoms with Gasteiger partial charge < -0.3 is 36.0 Å². The zero-order valence-corrected chi connectivity index (χ0v) is 7.95. The van der Waals surface area contributed by atoms with Crippen molar-refractivity contribution in [3.05, 3.63) is 12.3 Å². The van der Waals surface area contributed by atoms with E-state index in [-0.39, 0.29) is 0 Å². The molecule has 0 bridgehead atoms. The maximum absolute atomic E-state index is 9.73. The molecule has 5 atom stereocenters. The second-order valence-corrected chi connectivity index (χ2v) is 3.49. The second kappa shape index (κ2) is 4.05. The van der Waals surface area contributed by atoms with Crippen LogP contribution >= 0.6 is 0 Å². The first-order chi connectivity index (χ1) is 6.84. The highest BCUT2D eigenvalue weighted by molar-refractivity contribution is 5.10. The van der Waals surface area contributed by atoms with Crippen LogP contribution in [0.15, 0.2) is 12.3 Å². The first kappa shape index (κ1) is 12.4. The molecule has 0 aromatic carbocycles. The van der Waals surface area contributed by atoms with E-state index in [2.05, 4.69) is 6.58 Å². The maximum atomic E-state index is 9.73. The van der Waals surface area contributed by atoms with Gasteiger partial charge in [0.1, 0.15) is 24.1 Å². The molecule has 7 N–H and O–H groups in total. The van der Waals surface area contributed by atoms with Crippen molar-refractivity contribution >= 4 is 0 Å². The summed E-state index contributed by atoms with van der Waals surface area (Å²) in [5.41, 5.74) is 5.38. The van der Waals surface area contributed by atoms with Gasteiger partial charge in [0.2, 0.25) is 5.79 Å². The summed E-state index contributed by atoms with van der Waals surface area (Å²) in [7, 11) is 0. The Labute approximate surface area is 86.0 Å². The van der Waals surface area contributed by atoms with Crippen molar-refractivity contribution in [2.45, 2.75) is 30.1 Å². The molecule has 0 aromatic heterocycles. The Balaban J connectivity index is 2.97. The minimum Gasteiger partial charge on any atom is -0.507 e. The summed E-state index contributed by atoms with van der Waals surface area (Å²) < 4.78 is 4.80. The van der Waals surface area contributed by atoms with Crippen LogP contribution in [0.5, 0.6) is 0 Å². The van der Waals surface area contributed by atoms with Gasteiger partial charge in [-0.25, -0.2) is 0 Å². The van der Waals surface area contributed by atoms with Crippen LogP contribution in [0.3, 0.4) is 0 Å². The van der Waals surface area contributed by atoms with Gasteiger partial charge in [-0.2, -0.15) is 0 Å². The summed E-state index contributed by atoms with van der Waals surface area (Å²) in [6.07, 6.45) is -4.22. The minimum absolute atomic E-state index is 0.638. The number of ether oxygens (including phenoxy) is 1. The maximum Gasteiger partial charge on any atom is 0.243 e. The first-order valence-corrected chi connectivity index (χ1v) is 4.35. The van der Waals surface area contributed by atoms with Crippen LogP contribution in [0, 0.1) is 0 Å². The van der Waals surface area contributed by atoms with Crippen LogP contribution in [-0.2, 0) is 4.74 Å². The van der Waals surface area contributed by atoms with Gasteiger partial charge in [0.15, 0.2) is 0 Å². The lowest BCUT2D eigenvalue weighted by molar-refractivity contribution is -0.305. The molecule has 0 saturated carbocycles. The van der Waals surface area contributed by atoms with Gasteiger partial charge >= 0.3 is 0 Å². The van der Waals surface area contributed by atoms with E-state index in [4.69, 9.17) is 20.7 Å². The molecule has 1 aliphatic heterocycles. The van der Waals surface area contributed by atoms with E-state index < -0.39 is 42.5 Å². The van der Waals surface area contributed by atoms with Gasteiger partial charge in [-0.05, 0) is 0 Å². The van der Waals surface area contributed by atoms with E-state index in [1.165, 1.54) is 0 Å². The molecule has 1 heterocycles. The van der Waals surface area contributed by atoms with Gasteiger partial charge in [-0.3, -0.25) is 0 Å². The SMILES string of the molecule is C=C(O)C1(O)O[C@H](CO)[C@H](O)[C@H](O)[C@H]1N. The number of hydrogen-bond donors (Lipinski definition) is 6. The van der Waals surface area contributed by atoms with Crippen LogP contribution in [-0.4, -0.2) is 62.3 Å². The number of aliphatic hydroxyl groups excluding tert-OH is 4. The third kappa shape index (κ3) is 1.85. The van der Waals surface area contributed by atoms with E-state index in [0.29, 0.717) is 0 Å². The van der Waals surface area contributed by atoms with E-state index in [1.807, 2.05) is 0 Å². The summed E-state index contributed by atoms with van der Waals surface area (Å²) in [5.74, 6) is -3.16. The standard InChI is InChI=1S/C8H15NO6/c1-3(11)8(14)7(9)6(13)5(12)4(2-10)15-8/h4-7,10-14H,1-2,9H2/t4-,5+,6+,7-,8?/m1/s1. The number of aliphatic hydroxyl groups is 5. The Hall–Kier alpha value is -0.700. The molecular formula is C8H15NO6. The monoisotopic (exact) mass is 221 g/mol. The fourth-order valence-electron chi connectivity index (χ4n) is 1.45. The van der Waals surface area contributed by atoms with Crippen molar-refractivity contribution < 1.29 is 30.3 Å². The van der Waals surface area contributed by atoms with E-state index >= 15 is 0 Å². The summed E-state index contributed by atoms with van der Waals surface area (Å²) >= 11 is 0. The van der Waals surface area contributed by atoms with Crippen LogP contribution in [0.2, 0.25) is 0 Å². The average Bonchev–Trinajstić information content (AvgIpc) is 2.20. The molecule has 1 aliphatic rings. The topological polar surface area (TPSA) is 136 Å². The van der Waals surface area contributed by atoms with Gasteiger partial charge in [0, 0.05) is 0 Å². The molecule has 0 aliphatic carbocycles. The largest absolute Gasteiger partial charge is 0.507 e. The summed E-state index contributed by atoms with van der Waals surface area (Å²) in [6, 6.07) is -1.45. The molecule has 15 heavy (non-hydrogen) atoms. The van der Waals surface area contributed by atoms with Crippen molar-refractivity contribution in [2.24, 2.45) is 5.73 Å². The molecular weight excluding hydrogens is 206 g/mol. The molecule has 0 amide bonds. The summed E-state index contributed by atoms with van der Waals surface area (Å²) in [5, 5.41) is 46.5. The molecule has 7 nitrogen and oxygen atoms in total. The fourth-order valence-corrected chi connectivity index (χ4v) is 1.45. The van der Waals surface area contributed by atoms with Gasteiger partial charge in [0.05, 0.1) is 12.6 Å². The van der Waals surface area contributed by atoms with E-state index in [1.54, 1.807) is 0 Å². The lowest BCUT2D eigenvalue weighted by Crippen LogP contribution is -2.68. The normalized spacial score (nSPS) is 46.5. The highest BCUT2D eigenvalue weighted by Crippen LogP contribution is 2.30. The van der Waals surface area contributed by atoms with Gasteiger partial charge in [0.25, 0.3) is 0 Å². The Bertz CT molecular complexity index is 258. The third-order valence-corrected chi connectivity index (χ3v) is 2.48. The van der Waals surface area contributed by atoms with E-state index in [9.17, 15) is 15.3 Å². The molecule has 1 fully saturated rings. The molecule has 0 radical (unpaired) electrons. The zero-order chi connectivity index (χ0) is 11.8. The highest BCUT2D eigenvalue weighted by atomic mass is 16.7. The minimum atomic E-state index is -2.37. The van der Waals surface area contributed by atoms with Crippen LogP contribution in [0.25, 0.3) is 0 Å². The summed E-state index contributed by atoms with van der Waals surface area (Å²) in [4.78, 5) is 0. The molecule has 88 valence electrons. The smallest absolute Gasteiger partial charge is 0.243 e. The predicted octanol–water partition coefficient (Wildman–Crippen LogP) is -2.81. The quantitative estimate of drug-likeness (QED) is 0.277. The van der Waals surface area contributed by atoms with Crippen LogP contribution in [0.4, 0.5) is 0 Å². The van der Waals surface area contributed by atoms with Crippen molar-refractivity contribution in [3.8, 4) is 0 Å². The summed E-state index contributed by atoms with van der Waals surface area (Å²) in [6.45, 7) is 2.42. The average molecular weight is 221 g/mol. The Morgan fingerprint density at radius 1 is 1.40 bits per heavy atom. The Morgan fingerprint density at radius 3 is 2.33 bits per heavy atom. The number of rotatable bonds is 2.